The quantitative estimate of drug-likeness (QED) is 0.641. The van der Waals surface area contributed by atoms with E-state index in [4.69, 9.17) is 0 Å². The second-order valence-electron chi connectivity index (χ2n) is 8.49. The maximum absolute atomic E-state index is 12.3. The van der Waals surface area contributed by atoms with E-state index in [1.807, 2.05) is 30.3 Å². The summed E-state index contributed by atoms with van der Waals surface area (Å²) >= 11 is 0. The van der Waals surface area contributed by atoms with Crippen molar-refractivity contribution in [1.29, 1.82) is 0 Å². The van der Waals surface area contributed by atoms with Gasteiger partial charge in [-0.15, -0.1) is 0 Å². The summed E-state index contributed by atoms with van der Waals surface area (Å²) in [4.78, 5) is 26.9. The van der Waals surface area contributed by atoms with Gasteiger partial charge in [-0.05, 0) is 55.0 Å². The van der Waals surface area contributed by atoms with E-state index in [2.05, 4.69) is 46.7 Å². The molecule has 1 aliphatic heterocycles. The van der Waals surface area contributed by atoms with Crippen molar-refractivity contribution in [3.8, 4) is 0 Å². The maximum atomic E-state index is 12.3. The van der Waals surface area contributed by atoms with Crippen LogP contribution in [-0.2, 0) is 22.7 Å². The number of hydrogen-bond acceptors (Lipinski definition) is 3. The number of amides is 2. The van der Waals surface area contributed by atoms with E-state index in [0.717, 1.165) is 23.6 Å². The summed E-state index contributed by atoms with van der Waals surface area (Å²) in [6.45, 7) is 7.78. The highest BCUT2D eigenvalue weighted by Gasteiger charge is 2.16. The monoisotopic (exact) mass is 419 g/mol. The number of piperidine rings is 1. The van der Waals surface area contributed by atoms with Crippen LogP contribution in [0.3, 0.4) is 0 Å². The lowest BCUT2D eigenvalue weighted by Gasteiger charge is -2.30. The topological polar surface area (TPSA) is 61.4 Å². The third-order valence-electron chi connectivity index (χ3n) is 5.62. The zero-order valence-electron chi connectivity index (χ0n) is 18.5. The molecule has 0 aromatic heterocycles. The zero-order valence-corrected chi connectivity index (χ0v) is 18.5. The van der Waals surface area contributed by atoms with Crippen LogP contribution in [0.2, 0.25) is 0 Å². The van der Waals surface area contributed by atoms with Crippen LogP contribution in [0.5, 0.6) is 0 Å². The molecule has 5 heteroatoms. The van der Waals surface area contributed by atoms with Crippen molar-refractivity contribution < 1.29 is 9.59 Å². The molecular formula is C26H33N3O2. The Hall–Kier alpha value is -2.92. The molecule has 1 fully saturated rings. The van der Waals surface area contributed by atoms with Crippen molar-refractivity contribution in [2.75, 3.05) is 13.1 Å². The van der Waals surface area contributed by atoms with E-state index >= 15 is 0 Å². The lowest BCUT2D eigenvalue weighted by Crippen LogP contribution is -2.44. The van der Waals surface area contributed by atoms with Gasteiger partial charge in [0, 0.05) is 25.7 Å². The number of nitrogens with zero attached hydrogens (tertiary/aromatic N) is 1. The van der Waals surface area contributed by atoms with Gasteiger partial charge in [-0.25, -0.2) is 0 Å². The standard InChI is InChI=1S/C26H33N3O2/c1-20-7-6-16-29(18-20)19-24-12-10-23(11-13-24)17-27-26(31)21(2)28-25(30)15-14-22-8-4-3-5-9-22/h3-5,8-15,20-21H,6-7,16-19H2,1-2H3,(H,27,31)(H,28,30)/b15-14+. The Morgan fingerprint density at radius 1 is 1.10 bits per heavy atom. The molecule has 0 radical (unpaired) electrons. The normalized spacial score (nSPS) is 17.9. The molecule has 2 N–H and O–H groups in total. The Labute approximate surface area is 185 Å². The smallest absolute Gasteiger partial charge is 0.244 e. The van der Waals surface area contributed by atoms with E-state index in [1.54, 1.807) is 13.0 Å². The molecule has 1 saturated heterocycles. The summed E-state index contributed by atoms with van der Waals surface area (Å²) in [6, 6.07) is 17.4. The Morgan fingerprint density at radius 2 is 1.81 bits per heavy atom. The predicted molar refractivity (Wildman–Crippen MR) is 125 cm³/mol. The summed E-state index contributed by atoms with van der Waals surface area (Å²) in [5.74, 6) is 0.287. The van der Waals surface area contributed by atoms with E-state index in [9.17, 15) is 9.59 Å². The van der Waals surface area contributed by atoms with E-state index in [1.165, 1.54) is 37.6 Å². The minimum absolute atomic E-state index is 0.201. The van der Waals surface area contributed by atoms with Gasteiger partial charge in [0.05, 0.1) is 0 Å². The molecule has 2 amide bonds. The molecule has 2 atom stereocenters. The molecule has 5 nitrogen and oxygen atoms in total. The number of benzene rings is 2. The van der Waals surface area contributed by atoms with Crippen LogP contribution in [0, 0.1) is 5.92 Å². The van der Waals surface area contributed by atoms with Gasteiger partial charge in [0.1, 0.15) is 6.04 Å². The molecule has 0 aliphatic carbocycles. The highest BCUT2D eigenvalue weighted by molar-refractivity contribution is 5.95. The van der Waals surface area contributed by atoms with Crippen molar-refractivity contribution in [3.63, 3.8) is 0 Å². The summed E-state index contributed by atoms with van der Waals surface area (Å²) in [7, 11) is 0. The first kappa shape index (κ1) is 22.8. The molecule has 1 heterocycles. The van der Waals surface area contributed by atoms with Crippen LogP contribution in [0.25, 0.3) is 6.08 Å². The minimum atomic E-state index is -0.603. The third-order valence-corrected chi connectivity index (χ3v) is 5.62. The first-order valence-corrected chi connectivity index (χ1v) is 11.1. The van der Waals surface area contributed by atoms with E-state index in [0.29, 0.717) is 6.54 Å². The van der Waals surface area contributed by atoms with Crippen LogP contribution in [0.15, 0.2) is 60.7 Å². The average molecular weight is 420 g/mol. The van der Waals surface area contributed by atoms with Crippen molar-refractivity contribution in [2.24, 2.45) is 5.92 Å². The molecule has 31 heavy (non-hydrogen) atoms. The summed E-state index contributed by atoms with van der Waals surface area (Å²) in [5, 5.41) is 5.60. The molecule has 0 saturated carbocycles. The van der Waals surface area contributed by atoms with Gasteiger partial charge in [0.2, 0.25) is 11.8 Å². The van der Waals surface area contributed by atoms with Gasteiger partial charge in [0.15, 0.2) is 0 Å². The highest BCUT2D eigenvalue weighted by Crippen LogP contribution is 2.18. The van der Waals surface area contributed by atoms with Crippen LogP contribution < -0.4 is 10.6 Å². The Bertz CT molecular complexity index is 877. The fourth-order valence-corrected chi connectivity index (χ4v) is 3.86. The Morgan fingerprint density at radius 3 is 2.52 bits per heavy atom. The Kier molecular flexibility index (Phi) is 8.42. The van der Waals surface area contributed by atoms with Crippen molar-refractivity contribution in [2.45, 2.75) is 45.8 Å². The minimum Gasteiger partial charge on any atom is -0.350 e. The number of carbonyl (C=O) groups excluding carboxylic acids is 2. The fraction of sp³-hybridized carbons (Fsp3) is 0.385. The second kappa shape index (κ2) is 11.5. The van der Waals surface area contributed by atoms with Crippen LogP contribution in [0.4, 0.5) is 0 Å². The molecule has 3 rings (SSSR count). The van der Waals surface area contributed by atoms with Crippen LogP contribution in [-0.4, -0.2) is 35.8 Å². The molecule has 1 aliphatic rings. The predicted octanol–water partition coefficient (Wildman–Crippen LogP) is 3.75. The molecular weight excluding hydrogens is 386 g/mol. The van der Waals surface area contributed by atoms with Crippen LogP contribution >= 0.6 is 0 Å². The number of carbonyl (C=O) groups is 2. The lowest BCUT2D eigenvalue weighted by atomic mass is 9.99. The van der Waals surface area contributed by atoms with Crippen molar-refractivity contribution in [1.82, 2.24) is 15.5 Å². The molecule has 164 valence electrons. The number of likely N-dealkylation sites (tertiary alicyclic amines) is 1. The first-order chi connectivity index (χ1) is 15.0. The maximum Gasteiger partial charge on any atom is 0.244 e. The lowest BCUT2D eigenvalue weighted by molar-refractivity contribution is -0.126. The second-order valence-corrected chi connectivity index (χ2v) is 8.49. The first-order valence-electron chi connectivity index (χ1n) is 11.1. The summed E-state index contributed by atoms with van der Waals surface area (Å²) in [6.07, 6.45) is 5.78. The molecule has 0 spiro atoms. The number of hydrogen-bond donors (Lipinski definition) is 2. The van der Waals surface area contributed by atoms with Gasteiger partial charge >= 0.3 is 0 Å². The molecule has 2 aromatic rings. The van der Waals surface area contributed by atoms with Gasteiger partial charge in [0.25, 0.3) is 0 Å². The van der Waals surface area contributed by atoms with Crippen LogP contribution in [0.1, 0.15) is 43.4 Å². The highest BCUT2D eigenvalue weighted by atomic mass is 16.2. The van der Waals surface area contributed by atoms with Gasteiger partial charge < -0.3 is 10.6 Å². The fourth-order valence-electron chi connectivity index (χ4n) is 3.86. The van der Waals surface area contributed by atoms with Crippen molar-refractivity contribution >= 4 is 17.9 Å². The van der Waals surface area contributed by atoms with Crippen molar-refractivity contribution in [3.05, 3.63) is 77.4 Å². The number of nitrogens with one attached hydrogen (secondary N) is 2. The molecule has 0 bridgehead atoms. The summed E-state index contributed by atoms with van der Waals surface area (Å²) < 4.78 is 0. The van der Waals surface area contributed by atoms with Gasteiger partial charge in [-0.1, -0.05) is 61.5 Å². The van der Waals surface area contributed by atoms with E-state index < -0.39 is 6.04 Å². The van der Waals surface area contributed by atoms with Gasteiger partial charge in [-0.2, -0.15) is 0 Å². The zero-order chi connectivity index (χ0) is 22.1. The summed E-state index contributed by atoms with van der Waals surface area (Å²) in [5.41, 5.74) is 3.29. The van der Waals surface area contributed by atoms with E-state index in [-0.39, 0.29) is 11.8 Å². The van der Waals surface area contributed by atoms with Gasteiger partial charge in [-0.3, -0.25) is 14.5 Å². The number of rotatable bonds is 8. The average Bonchev–Trinajstić information content (AvgIpc) is 2.77. The molecule has 2 unspecified atom stereocenters. The third kappa shape index (κ3) is 7.68. The Balaban J connectivity index is 1.41. The SMILES string of the molecule is CC1CCCN(Cc2ccc(CNC(=O)C(C)NC(=O)/C=C/c3ccccc3)cc2)C1. The largest absolute Gasteiger partial charge is 0.350 e. The molecule has 2 aromatic carbocycles.